The first-order valence-electron chi connectivity index (χ1n) is 8.68. The van der Waals surface area contributed by atoms with E-state index in [0.29, 0.717) is 6.42 Å². The first kappa shape index (κ1) is 15.0. The molecule has 4 rings (SSSR count). The second-order valence-electron chi connectivity index (χ2n) is 6.43. The summed E-state index contributed by atoms with van der Waals surface area (Å²) in [5.41, 5.74) is 5.31. The maximum absolute atomic E-state index is 12.1. The van der Waals surface area contributed by atoms with Crippen LogP contribution in [0.5, 0.6) is 0 Å². The third-order valence-electron chi connectivity index (χ3n) is 5.00. The first-order chi connectivity index (χ1) is 11.8. The SMILES string of the molecule is CCC(=O)N1CCc2c(c3ccccc3n2Cc2ccccc2)C1. The van der Waals surface area contributed by atoms with Crippen molar-refractivity contribution in [3.8, 4) is 0 Å². The average Bonchev–Trinajstić information content (AvgIpc) is 2.95. The van der Waals surface area contributed by atoms with Crippen LogP contribution in [0.2, 0.25) is 0 Å². The van der Waals surface area contributed by atoms with Gasteiger partial charge in [0.05, 0.1) is 0 Å². The van der Waals surface area contributed by atoms with Crippen molar-refractivity contribution in [1.29, 1.82) is 0 Å². The van der Waals surface area contributed by atoms with Gasteiger partial charge in [-0.1, -0.05) is 55.5 Å². The molecule has 3 heteroatoms. The Balaban J connectivity index is 1.80. The van der Waals surface area contributed by atoms with Gasteiger partial charge in [-0.2, -0.15) is 0 Å². The molecule has 1 amide bonds. The summed E-state index contributed by atoms with van der Waals surface area (Å²) in [6.45, 7) is 4.39. The number of aromatic nitrogens is 1. The highest BCUT2D eigenvalue weighted by molar-refractivity contribution is 5.87. The van der Waals surface area contributed by atoms with Gasteiger partial charge < -0.3 is 9.47 Å². The van der Waals surface area contributed by atoms with Crippen molar-refractivity contribution >= 4 is 16.8 Å². The van der Waals surface area contributed by atoms with Crippen LogP contribution in [0.3, 0.4) is 0 Å². The van der Waals surface area contributed by atoms with Crippen LogP contribution in [0.25, 0.3) is 10.9 Å². The van der Waals surface area contributed by atoms with Gasteiger partial charge in [0.15, 0.2) is 0 Å². The molecule has 1 aliphatic heterocycles. The molecule has 2 heterocycles. The van der Waals surface area contributed by atoms with E-state index in [2.05, 4.69) is 59.2 Å². The van der Waals surface area contributed by atoms with E-state index in [-0.39, 0.29) is 5.91 Å². The lowest BCUT2D eigenvalue weighted by Crippen LogP contribution is -2.35. The molecule has 0 saturated heterocycles. The number of nitrogens with zero attached hydrogens (tertiary/aromatic N) is 2. The van der Waals surface area contributed by atoms with Gasteiger partial charge in [0, 0.05) is 54.6 Å². The summed E-state index contributed by atoms with van der Waals surface area (Å²) in [4.78, 5) is 14.1. The van der Waals surface area contributed by atoms with Gasteiger partial charge in [0.1, 0.15) is 0 Å². The van der Waals surface area contributed by atoms with Gasteiger partial charge in [-0.25, -0.2) is 0 Å². The van der Waals surface area contributed by atoms with E-state index in [4.69, 9.17) is 0 Å². The Labute approximate surface area is 142 Å². The summed E-state index contributed by atoms with van der Waals surface area (Å²) in [6.07, 6.45) is 1.51. The molecule has 122 valence electrons. The maximum atomic E-state index is 12.1. The number of fused-ring (bicyclic) bond motifs is 3. The smallest absolute Gasteiger partial charge is 0.222 e. The van der Waals surface area contributed by atoms with Gasteiger partial charge in [0.2, 0.25) is 5.91 Å². The molecule has 3 aromatic rings. The van der Waals surface area contributed by atoms with Crippen molar-refractivity contribution in [3.05, 3.63) is 71.4 Å². The minimum absolute atomic E-state index is 0.251. The van der Waals surface area contributed by atoms with E-state index in [9.17, 15) is 4.79 Å². The summed E-state index contributed by atoms with van der Waals surface area (Å²) in [6, 6.07) is 19.2. The molecule has 3 nitrogen and oxygen atoms in total. The van der Waals surface area contributed by atoms with Gasteiger partial charge in [-0.05, 0) is 11.6 Å². The Bertz CT molecular complexity index is 879. The molecule has 2 aromatic carbocycles. The van der Waals surface area contributed by atoms with E-state index in [1.807, 2.05) is 11.8 Å². The number of carbonyl (C=O) groups excluding carboxylic acids is 1. The number of carbonyl (C=O) groups is 1. The van der Waals surface area contributed by atoms with Gasteiger partial charge in [0.25, 0.3) is 0 Å². The largest absolute Gasteiger partial charge is 0.340 e. The van der Waals surface area contributed by atoms with Crippen LogP contribution in [0, 0.1) is 0 Å². The lowest BCUT2D eigenvalue weighted by molar-refractivity contribution is -0.131. The molecule has 0 saturated carbocycles. The quantitative estimate of drug-likeness (QED) is 0.717. The molecule has 1 aliphatic rings. The van der Waals surface area contributed by atoms with Crippen LogP contribution in [0.4, 0.5) is 0 Å². The molecule has 0 unspecified atom stereocenters. The highest BCUT2D eigenvalue weighted by Gasteiger charge is 2.25. The topological polar surface area (TPSA) is 25.2 Å². The minimum atomic E-state index is 0.251. The summed E-state index contributed by atoms with van der Waals surface area (Å²) in [7, 11) is 0. The van der Waals surface area contributed by atoms with Gasteiger partial charge >= 0.3 is 0 Å². The van der Waals surface area contributed by atoms with Crippen molar-refractivity contribution in [2.24, 2.45) is 0 Å². The average molecular weight is 318 g/mol. The van der Waals surface area contributed by atoms with Crippen LogP contribution >= 0.6 is 0 Å². The van der Waals surface area contributed by atoms with E-state index in [1.54, 1.807) is 0 Å². The van der Waals surface area contributed by atoms with Gasteiger partial charge in [-0.15, -0.1) is 0 Å². The number of para-hydroxylation sites is 1. The molecule has 0 aliphatic carbocycles. The molecule has 0 radical (unpaired) electrons. The highest BCUT2D eigenvalue weighted by Crippen LogP contribution is 2.31. The Kier molecular flexibility index (Phi) is 3.85. The molecule has 0 bridgehead atoms. The first-order valence-corrected chi connectivity index (χ1v) is 8.68. The van der Waals surface area contributed by atoms with Crippen LogP contribution in [0.15, 0.2) is 54.6 Å². The fourth-order valence-electron chi connectivity index (χ4n) is 3.78. The lowest BCUT2D eigenvalue weighted by atomic mass is 10.0. The summed E-state index contributed by atoms with van der Waals surface area (Å²) >= 11 is 0. The zero-order valence-corrected chi connectivity index (χ0v) is 14.0. The molecule has 24 heavy (non-hydrogen) atoms. The Morgan fingerprint density at radius 1 is 1.04 bits per heavy atom. The normalized spacial score (nSPS) is 14.0. The molecule has 0 atom stereocenters. The van der Waals surface area contributed by atoms with Crippen molar-refractivity contribution in [2.75, 3.05) is 6.54 Å². The molecule has 0 fully saturated rings. The fraction of sp³-hybridized carbons (Fsp3) is 0.286. The van der Waals surface area contributed by atoms with E-state index >= 15 is 0 Å². The summed E-state index contributed by atoms with van der Waals surface area (Å²) < 4.78 is 2.44. The number of rotatable bonds is 3. The predicted octanol–water partition coefficient (Wildman–Crippen LogP) is 3.98. The van der Waals surface area contributed by atoms with Crippen LogP contribution in [0.1, 0.15) is 30.2 Å². The minimum Gasteiger partial charge on any atom is -0.340 e. The molecule has 0 N–H and O–H groups in total. The monoisotopic (exact) mass is 318 g/mol. The number of hydrogen-bond acceptors (Lipinski definition) is 1. The molecule has 1 aromatic heterocycles. The predicted molar refractivity (Wildman–Crippen MR) is 96.9 cm³/mol. The fourth-order valence-corrected chi connectivity index (χ4v) is 3.78. The third-order valence-corrected chi connectivity index (χ3v) is 5.00. The van der Waals surface area contributed by atoms with Crippen molar-refractivity contribution in [2.45, 2.75) is 32.9 Å². The number of benzene rings is 2. The van der Waals surface area contributed by atoms with Crippen molar-refractivity contribution < 1.29 is 4.79 Å². The number of amides is 1. The van der Waals surface area contributed by atoms with Crippen LogP contribution in [-0.4, -0.2) is 21.9 Å². The number of hydrogen-bond donors (Lipinski definition) is 0. The molecular weight excluding hydrogens is 296 g/mol. The molecule has 0 spiro atoms. The lowest BCUT2D eigenvalue weighted by Gasteiger charge is -2.28. The highest BCUT2D eigenvalue weighted by atomic mass is 16.2. The van der Waals surface area contributed by atoms with Crippen LogP contribution in [-0.2, 0) is 24.3 Å². The van der Waals surface area contributed by atoms with E-state index < -0.39 is 0 Å². The molecular formula is C21H22N2O. The Morgan fingerprint density at radius 3 is 2.58 bits per heavy atom. The van der Waals surface area contributed by atoms with Crippen molar-refractivity contribution in [3.63, 3.8) is 0 Å². The van der Waals surface area contributed by atoms with Crippen molar-refractivity contribution in [1.82, 2.24) is 9.47 Å². The summed E-state index contributed by atoms with van der Waals surface area (Å²) in [5, 5.41) is 1.29. The van der Waals surface area contributed by atoms with Gasteiger partial charge in [-0.3, -0.25) is 4.79 Å². The summed E-state index contributed by atoms with van der Waals surface area (Å²) in [5.74, 6) is 0.251. The van der Waals surface area contributed by atoms with E-state index in [0.717, 1.165) is 26.1 Å². The Morgan fingerprint density at radius 2 is 1.79 bits per heavy atom. The zero-order chi connectivity index (χ0) is 16.5. The standard InChI is InChI=1S/C21H22N2O/c1-2-21(24)22-13-12-20-18(15-22)17-10-6-7-11-19(17)23(20)14-16-8-4-3-5-9-16/h3-11H,2,12-15H2,1H3. The van der Waals surface area contributed by atoms with Crippen LogP contribution < -0.4 is 0 Å². The Hall–Kier alpha value is -2.55. The second-order valence-corrected chi connectivity index (χ2v) is 6.43. The maximum Gasteiger partial charge on any atom is 0.222 e. The van der Waals surface area contributed by atoms with E-state index in [1.165, 1.54) is 27.7 Å². The third kappa shape index (κ3) is 2.50. The zero-order valence-electron chi connectivity index (χ0n) is 14.0. The second kappa shape index (κ2) is 6.16.